The second-order valence-corrected chi connectivity index (χ2v) is 7.87. The Balaban J connectivity index is 1.61. The number of benzene rings is 1. The van der Waals surface area contributed by atoms with Crippen LogP contribution in [0.1, 0.15) is 30.6 Å². The molecule has 0 unspecified atom stereocenters. The van der Waals surface area contributed by atoms with Crippen molar-refractivity contribution in [3.8, 4) is 11.4 Å². The molecule has 0 fully saturated rings. The zero-order chi connectivity index (χ0) is 19.5. The van der Waals surface area contributed by atoms with E-state index in [1.165, 1.54) is 11.8 Å². The van der Waals surface area contributed by atoms with Crippen molar-refractivity contribution in [2.45, 2.75) is 37.2 Å². The van der Waals surface area contributed by atoms with Gasteiger partial charge >= 0.3 is 0 Å². The van der Waals surface area contributed by atoms with Gasteiger partial charge in [0.25, 0.3) is 0 Å². The van der Waals surface area contributed by atoms with Gasteiger partial charge in [-0.05, 0) is 31.5 Å². The Morgan fingerprint density at radius 3 is 2.75 bits per heavy atom. The van der Waals surface area contributed by atoms with Crippen LogP contribution in [0.2, 0.25) is 0 Å². The van der Waals surface area contributed by atoms with Crippen molar-refractivity contribution < 1.29 is 4.79 Å². The summed E-state index contributed by atoms with van der Waals surface area (Å²) < 4.78 is 2.08. The van der Waals surface area contributed by atoms with Gasteiger partial charge in [0.1, 0.15) is 0 Å². The maximum atomic E-state index is 13.1. The lowest BCUT2D eigenvalue weighted by molar-refractivity contribution is 0.0995. The van der Waals surface area contributed by atoms with Crippen LogP contribution in [0.25, 0.3) is 22.3 Å². The molecule has 0 aliphatic rings. The summed E-state index contributed by atoms with van der Waals surface area (Å²) in [5.74, 6) is 0.887. The molecule has 0 bridgehead atoms. The van der Waals surface area contributed by atoms with Gasteiger partial charge in [-0.25, -0.2) is 0 Å². The molecule has 3 heterocycles. The number of carbonyl (C=O) groups excluding carboxylic acids is 1. The Bertz CT molecular complexity index is 1100. The Kier molecular flexibility index (Phi) is 5.25. The highest BCUT2D eigenvalue weighted by molar-refractivity contribution is 8.00. The highest BCUT2D eigenvalue weighted by atomic mass is 32.2. The molecular formula is C21H21N5OS. The number of Topliss-reactive ketones (excluding diaryl/α,β-unsaturated/α-hetero) is 1. The van der Waals surface area contributed by atoms with Gasteiger partial charge in [0.15, 0.2) is 16.8 Å². The molecule has 7 heteroatoms. The summed E-state index contributed by atoms with van der Waals surface area (Å²) in [6, 6.07) is 11.7. The summed E-state index contributed by atoms with van der Waals surface area (Å²) in [5, 5.41) is 10.2. The van der Waals surface area contributed by atoms with E-state index in [1.54, 1.807) is 18.6 Å². The number of hydrogen-bond acceptors (Lipinski definition) is 5. The highest BCUT2D eigenvalue weighted by Crippen LogP contribution is 2.30. The number of pyridine rings is 1. The predicted molar refractivity (Wildman–Crippen MR) is 111 cm³/mol. The van der Waals surface area contributed by atoms with Gasteiger partial charge in [-0.3, -0.25) is 9.78 Å². The molecule has 0 aliphatic carbocycles. The van der Waals surface area contributed by atoms with Crippen molar-refractivity contribution in [3.63, 3.8) is 0 Å². The van der Waals surface area contributed by atoms with Crippen LogP contribution in [0.3, 0.4) is 0 Å². The van der Waals surface area contributed by atoms with Crippen molar-refractivity contribution in [3.05, 3.63) is 60.6 Å². The van der Waals surface area contributed by atoms with E-state index in [9.17, 15) is 4.79 Å². The van der Waals surface area contributed by atoms with E-state index in [4.69, 9.17) is 0 Å². The number of hydrogen-bond donors (Lipinski definition) is 1. The van der Waals surface area contributed by atoms with Gasteiger partial charge in [-0.1, -0.05) is 36.9 Å². The van der Waals surface area contributed by atoms with E-state index in [2.05, 4.69) is 31.7 Å². The molecule has 0 saturated heterocycles. The molecule has 0 aliphatic heterocycles. The Labute approximate surface area is 167 Å². The molecular weight excluding hydrogens is 370 g/mol. The SMILES string of the molecule is CCCn1c(S[C@H](C)C(=O)c2c[nH]c3ccccc23)nnc1-c1ccncc1. The molecule has 4 rings (SSSR count). The molecule has 1 aromatic carbocycles. The highest BCUT2D eigenvalue weighted by Gasteiger charge is 2.23. The van der Waals surface area contributed by atoms with Gasteiger partial charge in [0.05, 0.1) is 5.25 Å². The first-order chi connectivity index (χ1) is 13.7. The van der Waals surface area contributed by atoms with Crippen LogP contribution in [0.15, 0.2) is 60.1 Å². The number of carbonyl (C=O) groups is 1. The van der Waals surface area contributed by atoms with Gasteiger partial charge in [0.2, 0.25) is 0 Å². The number of aromatic nitrogens is 5. The van der Waals surface area contributed by atoms with Crippen LogP contribution < -0.4 is 0 Å². The molecule has 6 nitrogen and oxygen atoms in total. The maximum absolute atomic E-state index is 13.1. The third-order valence-corrected chi connectivity index (χ3v) is 5.69. The molecule has 0 radical (unpaired) electrons. The monoisotopic (exact) mass is 391 g/mol. The molecule has 28 heavy (non-hydrogen) atoms. The summed E-state index contributed by atoms with van der Waals surface area (Å²) >= 11 is 1.45. The zero-order valence-electron chi connectivity index (χ0n) is 15.8. The van der Waals surface area contributed by atoms with E-state index < -0.39 is 0 Å². The number of fused-ring (bicyclic) bond motifs is 1. The van der Waals surface area contributed by atoms with E-state index >= 15 is 0 Å². The Hall–Kier alpha value is -2.93. The number of aromatic amines is 1. The zero-order valence-corrected chi connectivity index (χ0v) is 16.6. The number of para-hydroxylation sites is 1. The summed E-state index contributed by atoms with van der Waals surface area (Å²) in [4.78, 5) is 20.3. The summed E-state index contributed by atoms with van der Waals surface area (Å²) in [6.45, 7) is 4.83. The predicted octanol–water partition coefficient (Wildman–Crippen LogP) is 4.59. The summed E-state index contributed by atoms with van der Waals surface area (Å²) in [5.41, 5.74) is 2.65. The molecule has 0 amide bonds. The second kappa shape index (κ2) is 7.98. The Morgan fingerprint density at radius 1 is 1.18 bits per heavy atom. The number of ketones is 1. The summed E-state index contributed by atoms with van der Waals surface area (Å²) in [7, 11) is 0. The average Bonchev–Trinajstić information content (AvgIpc) is 3.33. The van der Waals surface area contributed by atoms with Gasteiger partial charge in [-0.2, -0.15) is 0 Å². The quantitative estimate of drug-likeness (QED) is 0.368. The van der Waals surface area contributed by atoms with E-state index in [1.807, 2.05) is 43.3 Å². The minimum atomic E-state index is -0.274. The lowest BCUT2D eigenvalue weighted by atomic mass is 10.1. The molecule has 3 aromatic heterocycles. The minimum Gasteiger partial charge on any atom is -0.360 e. The third kappa shape index (κ3) is 3.45. The lowest BCUT2D eigenvalue weighted by Crippen LogP contribution is -2.14. The molecule has 0 spiro atoms. The summed E-state index contributed by atoms with van der Waals surface area (Å²) in [6.07, 6.45) is 6.24. The molecule has 1 N–H and O–H groups in total. The number of nitrogens with zero attached hydrogens (tertiary/aromatic N) is 4. The van der Waals surface area contributed by atoms with Crippen LogP contribution in [0.4, 0.5) is 0 Å². The van der Waals surface area contributed by atoms with Gasteiger partial charge in [0, 0.05) is 47.2 Å². The normalized spacial score (nSPS) is 12.4. The largest absolute Gasteiger partial charge is 0.360 e. The number of thioether (sulfide) groups is 1. The van der Waals surface area contributed by atoms with Crippen molar-refractivity contribution in [2.24, 2.45) is 0 Å². The van der Waals surface area contributed by atoms with E-state index in [-0.39, 0.29) is 11.0 Å². The second-order valence-electron chi connectivity index (χ2n) is 6.57. The van der Waals surface area contributed by atoms with Crippen LogP contribution in [0.5, 0.6) is 0 Å². The van der Waals surface area contributed by atoms with Crippen molar-refractivity contribution in [2.75, 3.05) is 0 Å². The van der Waals surface area contributed by atoms with Crippen molar-refractivity contribution in [1.82, 2.24) is 24.7 Å². The van der Waals surface area contributed by atoms with Crippen molar-refractivity contribution >= 4 is 28.4 Å². The first-order valence-corrected chi connectivity index (χ1v) is 10.2. The molecule has 4 aromatic rings. The Morgan fingerprint density at radius 2 is 1.96 bits per heavy atom. The van der Waals surface area contributed by atoms with Crippen LogP contribution >= 0.6 is 11.8 Å². The first kappa shape index (κ1) is 18.4. The smallest absolute Gasteiger partial charge is 0.192 e. The van der Waals surface area contributed by atoms with Crippen molar-refractivity contribution in [1.29, 1.82) is 0 Å². The third-order valence-electron chi connectivity index (χ3n) is 4.61. The fraction of sp³-hybridized carbons (Fsp3) is 0.238. The fourth-order valence-electron chi connectivity index (χ4n) is 3.22. The average molecular weight is 392 g/mol. The number of rotatable bonds is 7. The first-order valence-electron chi connectivity index (χ1n) is 9.29. The van der Waals surface area contributed by atoms with Crippen LogP contribution in [-0.4, -0.2) is 35.8 Å². The van der Waals surface area contributed by atoms with Crippen LogP contribution in [-0.2, 0) is 6.54 Å². The van der Waals surface area contributed by atoms with Gasteiger partial charge in [-0.15, -0.1) is 10.2 Å². The molecule has 0 saturated carbocycles. The van der Waals surface area contributed by atoms with Crippen LogP contribution in [0, 0.1) is 0 Å². The maximum Gasteiger partial charge on any atom is 0.192 e. The fourth-order valence-corrected chi connectivity index (χ4v) is 4.16. The molecule has 142 valence electrons. The minimum absolute atomic E-state index is 0.0824. The standard InChI is InChI=1S/C21H21N5OS/c1-3-12-26-20(15-8-10-22-11-9-15)24-25-21(26)28-14(2)19(27)17-13-23-18-7-5-4-6-16(17)18/h4-11,13-14,23H,3,12H2,1-2H3/t14-/m1/s1. The van der Waals surface area contributed by atoms with E-state index in [0.29, 0.717) is 5.56 Å². The van der Waals surface area contributed by atoms with Gasteiger partial charge < -0.3 is 9.55 Å². The molecule has 1 atom stereocenters. The number of nitrogens with one attached hydrogen (secondary N) is 1. The lowest BCUT2D eigenvalue weighted by Gasteiger charge is -2.12. The topological polar surface area (TPSA) is 76.5 Å². The van der Waals surface area contributed by atoms with E-state index in [0.717, 1.165) is 40.4 Å². The number of H-pyrrole nitrogens is 1.